The zero-order chi connectivity index (χ0) is 12.5. The van der Waals surface area contributed by atoms with Gasteiger partial charge in [0, 0.05) is 30.7 Å². The number of hydrogen-bond acceptors (Lipinski definition) is 3. The Morgan fingerprint density at radius 3 is 2.72 bits per heavy atom. The lowest BCUT2D eigenvalue weighted by Gasteiger charge is -2.19. The molecule has 2 aliphatic rings. The van der Waals surface area contributed by atoms with Gasteiger partial charge < -0.3 is 4.74 Å². The number of hydrogen-bond donors (Lipinski definition) is 0. The van der Waals surface area contributed by atoms with E-state index in [2.05, 4.69) is 0 Å². The molecule has 0 atom stereocenters. The summed E-state index contributed by atoms with van der Waals surface area (Å²) in [6.07, 6.45) is 3.44. The van der Waals surface area contributed by atoms with Gasteiger partial charge >= 0.3 is 0 Å². The average Bonchev–Trinajstić information content (AvgIpc) is 2.86. The molecule has 1 aromatic carbocycles. The van der Waals surface area contributed by atoms with E-state index in [-0.39, 0.29) is 11.7 Å². The van der Waals surface area contributed by atoms with Crippen molar-refractivity contribution in [1.29, 1.82) is 0 Å². The van der Waals surface area contributed by atoms with Gasteiger partial charge in [-0.25, -0.2) is 0 Å². The molecule has 94 valence electrons. The van der Waals surface area contributed by atoms with E-state index in [0.29, 0.717) is 38.1 Å². The molecule has 1 heterocycles. The topological polar surface area (TPSA) is 43.4 Å². The van der Waals surface area contributed by atoms with Crippen molar-refractivity contribution in [3.8, 4) is 5.75 Å². The van der Waals surface area contributed by atoms with Crippen LogP contribution in [-0.4, -0.2) is 18.2 Å². The van der Waals surface area contributed by atoms with Crippen LogP contribution in [0.3, 0.4) is 0 Å². The molecule has 0 aromatic heterocycles. The first-order valence-corrected chi connectivity index (χ1v) is 6.55. The minimum Gasteiger partial charge on any atom is -0.493 e. The molecule has 0 amide bonds. The Hall–Kier alpha value is -1.64. The second-order valence-corrected chi connectivity index (χ2v) is 5.10. The van der Waals surface area contributed by atoms with Gasteiger partial charge in [0.15, 0.2) is 5.78 Å². The number of Topliss-reactive ketones (excluding diaryl/α,β-unsaturated/α-hetero) is 2. The highest BCUT2D eigenvalue weighted by Gasteiger charge is 2.26. The fourth-order valence-electron chi connectivity index (χ4n) is 2.78. The highest BCUT2D eigenvalue weighted by molar-refractivity contribution is 5.99. The molecule has 1 aliphatic carbocycles. The van der Waals surface area contributed by atoms with Crippen LogP contribution >= 0.6 is 0 Å². The molecule has 18 heavy (non-hydrogen) atoms. The minimum atomic E-state index is 0.0306. The molecule has 1 saturated carbocycles. The maximum absolute atomic E-state index is 12.4. The Bertz CT molecular complexity index is 494. The van der Waals surface area contributed by atoms with E-state index in [1.807, 2.05) is 18.2 Å². The standard InChI is InChI=1S/C15H16O3/c16-13-4-1-10(2-5-13)15(17)12-3-6-14-11(9-12)7-8-18-14/h3,6,9-10H,1-2,4-5,7-8H2. The van der Waals surface area contributed by atoms with Crippen LogP contribution in [0.1, 0.15) is 41.6 Å². The highest BCUT2D eigenvalue weighted by atomic mass is 16.5. The summed E-state index contributed by atoms with van der Waals surface area (Å²) < 4.78 is 5.44. The predicted octanol–water partition coefficient (Wildman–Crippen LogP) is 2.56. The molecule has 0 bridgehead atoms. The van der Waals surface area contributed by atoms with Gasteiger partial charge in [-0.2, -0.15) is 0 Å². The summed E-state index contributed by atoms with van der Waals surface area (Å²) in [6, 6.07) is 5.70. The van der Waals surface area contributed by atoms with Crippen LogP contribution in [0.25, 0.3) is 0 Å². The van der Waals surface area contributed by atoms with Gasteiger partial charge in [0.05, 0.1) is 6.61 Å². The van der Waals surface area contributed by atoms with Crippen molar-refractivity contribution in [3.63, 3.8) is 0 Å². The lowest BCUT2D eigenvalue weighted by molar-refractivity contribution is -0.120. The second kappa shape index (κ2) is 4.56. The number of carbonyl (C=O) groups excluding carboxylic acids is 2. The van der Waals surface area contributed by atoms with E-state index in [9.17, 15) is 9.59 Å². The van der Waals surface area contributed by atoms with Crippen molar-refractivity contribution in [2.24, 2.45) is 5.92 Å². The molecule has 1 fully saturated rings. The molecule has 0 spiro atoms. The Labute approximate surface area is 106 Å². The summed E-state index contributed by atoms with van der Waals surface area (Å²) in [5.41, 5.74) is 1.91. The molecule has 1 aliphatic heterocycles. The van der Waals surface area contributed by atoms with Gasteiger partial charge in [-0.15, -0.1) is 0 Å². The Morgan fingerprint density at radius 1 is 1.17 bits per heavy atom. The van der Waals surface area contributed by atoms with Crippen molar-refractivity contribution in [2.75, 3.05) is 6.61 Å². The molecule has 3 rings (SSSR count). The van der Waals surface area contributed by atoms with Gasteiger partial charge in [0.25, 0.3) is 0 Å². The van der Waals surface area contributed by atoms with E-state index in [1.165, 1.54) is 0 Å². The van der Waals surface area contributed by atoms with Crippen LogP contribution in [0.5, 0.6) is 5.75 Å². The van der Waals surface area contributed by atoms with E-state index < -0.39 is 0 Å². The maximum atomic E-state index is 12.4. The van der Waals surface area contributed by atoms with Crippen molar-refractivity contribution in [2.45, 2.75) is 32.1 Å². The molecule has 1 aromatic rings. The lowest BCUT2D eigenvalue weighted by Crippen LogP contribution is -2.21. The SMILES string of the molecule is O=C1CCC(C(=O)c2ccc3c(c2)CCO3)CC1. The summed E-state index contributed by atoms with van der Waals surface area (Å²) in [5.74, 6) is 1.42. The molecule has 0 radical (unpaired) electrons. The first-order valence-electron chi connectivity index (χ1n) is 6.55. The van der Waals surface area contributed by atoms with Gasteiger partial charge in [0.2, 0.25) is 0 Å². The smallest absolute Gasteiger partial charge is 0.165 e. The molecule has 0 N–H and O–H groups in total. The summed E-state index contributed by atoms with van der Waals surface area (Å²) in [7, 11) is 0. The monoisotopic (exact) mass is 244 g/mol. The van der Waals surface area contributed by atoms with E-state index in [1.54, 1.807) is 0 Å². The third kappa shape index (κ3) is 2.05. The van der Waals surface area contributed by atoms with Crippen molar-refractivity contribution < 1.29 is 14.3 Å². The normalized spacial score (nSPS) is 19.4. The van der Waals surface area contributed by atoms with E-state index >= 15 is 0 Å². The van der Waals surface area contributed by atoms with Crippen LogP contribution in [0.2, 0.25) is 0 Å². The zero-order valence-electron chi connectivity index (χ0n) is 10.3. The van der Waals surface area contributed by atoms with Gasteiger partial charge in [0.1, 0.15) is 11.5 Å². The van der Waals surface area contributed by atoms with Gasteiger partial charge in [-0.1, -0.05) is 0 Å². The molecule has 3 nitrogen and oxygen atoms in total. The Morgan fingerprint density at radius 2 is 1.94 bits per heavy atom. The number of rotatable bonds is 2. The lowest BCUT2D eigenvalue weighted by atomic mass is 9.83. The summed E-state index contributed by atoms with van der Waals surface area (Å²) in [6.45, 7) is 0.713. The van der Waals surface area contributed by atoms with Gasteiger partial charge in [-0.05, 0) is 36.6 Å². The predicted molar refractivity (Wildman–Crippen MR) is 66.9 cm³/mol. The van der Waals surface area contributed by atoms with Crippen molar-refractivity contribution in [1.82, 2.24) is 0 Å². The molecule has 0 unspecified atom stereocenters. The largest absolute Gasteiger partial charge is 0.493 e. The average molecular weight is 244 g/mol. The third-order valence-corrected chi connectivity index (χ3v) is 3.89. The van der Waals surface area contributed by atoms with Crippen molar-refractivity contribution >= 4 is 11.6 Å². The fraction of sp³-hybridized carbons (Fsp3) is 0.467. The van der Waals surface area contributed by atoms with Crippen LogP contribution in [0.4, 0.5) is 0 Å². The van der Waals surface area contributed by atoms with Crippen LogP contribution < -0.4 is 4.74 Å². The number of benzene rings is 1. The van der Waals surface area contributed by atoms with E-state index in [0.717, 1.165) is 23.3 Å². The molecular weight excluding hydrogens is 228 g/mol. The number of carbonyl (C=O) groups is 2. The maximum Gasteiger partial charge on any atom is 0.165 e. The first kappa shape index (κ1) is 11.5. The minimum absolute atomic E-state index is 0.0306. The number of ether oxygens (including phenoxy) is 1. The van der Waals surface area contributed by atoms with E-state index in [4.69, 9.17) is 4.74 Å². The quantitative estimate of drug-likeness (QED) is 0.751. The Kier molecular flexibility index (Phi) is 2.90. The fourth-order valence-corrected chi connectivity index (χ4v) is 2.78. The molecular formula is C15H16O3. The van der Waals surface area contributed by atoms with Crippen molar-refractivity contribution in [3.05, 3.63) is 29.3 Å². The summed E-state index contributed by atoms with van der Waals surface area (Å²) in [5, 5.41) is 0. The summed E-state index contributed by atoms with van der Waals surface area (Å²) >= 11 is 0. The molecule has 0 saturated heterocycles. The van der Waals surface area contributed by atoms with Crippen LogP contribution in [-0.2, 0) is 11.2 Å². The van der Waals surface area contributed by atoms with Crippen LogP contribution in [0.15, 0.2) is 18.2 Å². The number of ketones is 2. The molecule has 3 heteroatoms. The van der Waals surface area contributed by atoms with Crippen LogP contribution in [0, 0.1) is 5.92 Å². The zero-order valence-corrected chi connectivity index (χ0v) is 10.3. The van der Waals surface area contributed by atoms with Gasteiger partial charge in [-0.3, -0.25) is 9.59 Å². The second-order valence-electron chi connectivity index (χ2n) is 5.10. The Balaban J connectivity index is 1.78. The number of fused-ring (bicyclic) bond motifs is 1. The first-order chi connectivity index (χ1) is 8.74. The summed E-state index contributed by atoms with van der Waals surface area (Å²) in [4.78, 5) is 23.5. The highest BCUT2D eigenvalue weighted by Crippen LogP contribution is 2.29. The third-order valence-electron chi connectivity index (χ3n) is 3.89.